The normalized spacial score (nSPS) is 16.9. The van der Waals surface area contributed by atoms with Crippen molar-refractivity contribution in [3.63, 3.8) is 0 Å². The molecule has 10 heteroatoms. The monoisotopic (exact) mass is 621 g/mol. The molecule has 2 aromatic carbocycles. The van der Waals surface area contributed by atoms with Crippen LogP contribution in [0.3, 0.4) is 0 Å². The molecule has 0 atom stereocenters. The number of hydrogen-bond donors (Lipinski definition) is 3. The van der Waals surface area contributed by atoms with Gasteiger partial charge in [-0.2, -0.15) is 5.10 Å². The maximum Gasteiger partial charge on any atom is 0.264 e. The molecule has 0 saturated carbocycles. The van der Waals surface area contributed by atoms with E-state index in [2.05, 4.69) is 38.1 Å². The lowest BCUT2D eigenvalue weighted by molar-refractivity contribution is -0.115. The zero-order valence-corrected chi connectivity index (χ0v) is 19.4. The Labute approximate surface area is 192 Å². The topological polar surface area (TPSA) is 104 Å². The number of carbonyl (C=O) groups excluding carboxylic acids is 1. The van der Waals surface area contributed by atoms with Crippen molar-refractivity contribution in [1.29, 1.82) is 0 Å². The van der Waals surface area contributed by atoms with Crippen LogP contribution in [0.1, 0.15) is 11.1 Å². The largest absolute Gasteiger partial charge is 0.506 e. The number of methoxy groups -OCH3 is 1. The van der Waals surface area contributed by atoms with Gasteiger partial charge in [-0.05, 0) is 92.8 Å². The maximum absolute atomic E-state index is 12.1. The molecule has 28 heavy (non-hydrogen) atoms. The molecule has 1 aliphatic heterocycles. The van der Waals surface area contributed by atoms with Gasteiger partial charge in [0.2, 0.25) is 0 Å². The Morgan fingerprint density at radius 2 is 2.00 bits per heavy atom. The smallest absolute Gasteiger partial charge is 0.264 e. The standard InChI is InChI=1S/C18H13I2N3O4S/c1-27-14-4-9(2-3-13(14)24)5-15-17(26)22-18(28-15)23-21-8-10-6-11(19)7-12(20)16(10)25/h2-8,24-25H,1H3,(H,22,23,26)/b15-5+,21-8+. The number of carbonyl (C=O) groups is 1. The summed E-state index contributed by atoms with van der Waals surface area (Å²) < 4.78 is 6.75. The van der Waals surface area contributed by atoms with Crippen molar-refractivity contribution >= 4 is 80.3 Å². The van der Waals surface area contributed by atoms with Crippen LogP contribution in [0.25, 0.3) is 6.08 Å². The van der Waals surface area contributed by atoms with Crippen LogP contribution in [0.15, 0.2) is 45.4 Å². The van der Waals surface area contributed by atoms with Crippen LogP contribution in [-0.4, -0.2) is 34.6 Å². The molecule has 1 amide bonds. The second kappa shape index (κ2) is 9.13. The average Bonchev–Trinajstić information content (AvgIpc) is 3.00. The summed E-state index contributed by atoms with van der Waals surface area (Å²) in [7, 11) is 1.46. The van der Waals surface area contributed by atoms with Crippen LogP contribution in [0.2, 0.25) is 0 Å². The Hall–Kier alpha value is -1.80. The summed E-state index contributed by atoms with van der Waals surface area (Å²) in [5.74, 6) is 0.189. The van der Waals surface area contributed by atoms with Crippen LogP contribution in [0.4, 0.5) is 0 Å². The number of hydrogen-bond acceptors (Lipinski definition) is 7. The highest BCUT2D eigenvalue weighted by Gasteiger charge is 2.24. The highest BCUT2D eigenvalue weighted by atomic mass is 127. The highest BCUT2D eigenvalue weighted by molar-refractivity contribution is 14.1. The minimum atomic E-state index is -0.294. The van der Waals surface area contributed by atoms with Crippen molar-refractivity contribution in [3.8, 4) is 17.2 Å². The van der Waals surface area contributed by atoms with Crippen molar-refractivity contribution in [2.75, 3.05) is 7.11 Å². The van der Waals surface area contributed by atoms with Crippen molar-refractivity contribution in [3.05, 3.63) is 53.5 Å². The molecule has 144 valence electrons. The SMILES string of the molecule is COc1cc(/C=C2/S/C(=N/N=C/c3cc(I)cc(I)c3O)NC2=O)ccc1O. The Kier molecular flexibility index (Phi) is 6.82. The summed E-state index contributed by atoms with van der Waals surface area (Å²) in [6.07, 6.45) is 3.11. The van der Waals surface area contributed by atoms with E-state index in [4.69, 9.17) is 4.74 Å². The fraction of sp³-hybridized carbons (Fsp3) is 0.0556. The Balaban J connectivity index is 1.77. The predicted octanol–water partition coefficient (Wildman–Crippen LogP) is 3.91. The van der Waals surface area contributed by atoms with E-state index in [9.17, 15) is 15.0 Å². The second-order valence-corrected chi connectivity index (χ2v) is 8.91. The molecule has 1 heterocycles. The lowest BCUT2D eigenvalue weighted by Crippen LogP contribution is -2.19. The van der Waals surface area contributed by atoms with Gasteiger partial charge in [0.25, 0.3) is 5.91 Å². The lowest BCUT2D eigenvalue weighted by atomic mass is 10.2. The summed E-state index contributed by atoms with van der Waals surface area (Å²) >= 11 is 5.34. The van der Waals surface area contributed by atoms with Crippen molar-refractivity contribution in [2.45, 2.75) is 0 Å². The van der Waals surface area contributed by atoms with Gasteiger partial charge in [0.05, 0.1) is 21.8 Å². The van der Waals surface area contributed by atoms with Gasteiger partial charge < -0.3 is 14.9 Å². The van der Waals surface area contributed by atoms with Crippen LogP contribution in [0, 0.1) is 7.14 Å². The quantitative estimate of drug-likeness (QED) is 0.208. The van der Waals surface area contributed by atoms with Gasteiger partial charge in [0, 0.05) is 9.13 Å². The molecule has 0 aliphatic carbocycles. The minimum absolute atomic E-state index is 0.0262. The summed E-state index contributed by atoms with van der Waals surface area (Å²) in [5, 5.41) is 30.6. The molecule has 0 unspecified atom stereocenters. The summed E-state index contributed by atoms with van der Waals surface area (Å²) in [4.78, 5) is 12.6. The van der Waals surface area contributed by atoms with E-state index in [-0.39, 0.29) is 17.4 Å². The van der Waals surface area contributed by atoms with Gasteiger partial charge in [-0.1, -0.05) is 6.07 Å². The third-order valence-electron chi connectivity index (χ3n) is 3.56. The number of amidine groups is 1. The second-order valence-electron chi connectivity index (χ2n) is 5.47. The summed E-state index contributed by atoms with van der Waals surface area (Å²) in [6.45, 7) is 0. The molecule has 0 radical (unpaired) electrons. The number of nitrogens with one attached hydrogen (secondary N) is 1. The van der Waals surface area contributed by atoms with E-state index in [0.717, 1.165) is 18.9 Å². The number of nitrogens with zero attached hydrogens (tertiary/aromatic N) is 2. The number of thioether (sulfide) groups is 1. The van der Waals surface area contributed by atoms with E-state index in [1.807, 2.05) is 28.7 Å². The van der Waals surface area contributed by atoms with Gasteiger partial charge in [0.1, 0.15) is 5.75 Å². The van der Waals surface area contributed by atoms with Crippen LogP contribution in [0.5, 0.6) is 17.2 Å². The maximum atomic E-state index is 12.1. The zero-order chi connectivity index (χ0) is 20.3. The Bertz CT molecular complexity index is 1040. The molecule has 0 bridgehead atoms. The van der Waals surface area contributed by atoms with Crippen LogP contribution in [-0.2, 0) is 4.79 Å². The number of phenolic OH excluding ortho intramolecular Hbond substituents is 2. The molecule has 0 aromatic heterocycles. The fourth-order valence-corrected chi connectivity index (χ4v) is 4.91. The first-order valence-corrected chi connectivity index (χ1v) is 10.7. The molecule has 0 spiro atoms. The third-order valence-corrected chi connectivity index (χ3v) is 5.90. The molecule has 3 rings (SSSR count). The molecule has 1 aliphatic rings. The third kappa shape index (κ3) is 4.97. The molecule has 7 nitrogen and oxygen atoms in total. The van der Waals surface area contributed by atoms with E-state index >= 15 is 0 Å². The van der Waals surface area contributed by atoms with Gasteiger partial charge >= 0.3 is 0 Å². The zero-order valence-electron chi connectivity index (χ0n) is 14.3. The average molecular weight is 621 g/mol. The van der Waals surface area contributed by atoms with E-state index in [1.54, 1.807) is 24.3 Å². The highest BCUT2D eigenvalue weighted by Crippen LogP contribution is 2.31. The molecule has 3 N–H and O–H groups in total. The van der Waals surface area contributed by atoms with Crippen LogP contribution >= 0.6 is 56.9 Å². The number of amides is 1. The lowest BCUT2D eigenvalue weighted by Gasteiger charge is -2.03. The fourth-order valence-electron chi connectivity index (χ4n) is 2.24. The van der Waals surface area contributed by atoms with Gasteiger partial charge in [-0.25, -0.2) is 0 Å². The number of rotatable bonds is 4. The first-order valence-electron chi connectivity index (χ1n) is 7.74. The molecular weight excluding hydrogens is 608 g/mol. The van der Waals surface area contributed by atoms with Crippen molar-refractivity contribution in [1.82, 2.24) is 5.32 Å². The van der Waals surface area contributed by atoms with Gasteiger partial charge in [0.15, 0.2) is 16.7 Å². The predicted molar refractivity (Wildman–Crippen MR) is 127 cm³/mol. The molecular formula is C18H13I2N3O4S. The number of aromatic hydroxyl groups is 2. The van der Waals surface area contributed by atoms with Crippen molar-refractivity contribution < 1.29 is 19.7 Å². The number of halogens is 2. The van der Waals surface area contributed by atoms with E-state index in [1.165, 1.54) is 19.4 Å². The molecule has 1 fully saturated rings. The first-order chi connectivity index (χ1) is 13.4. The molecule has 2 aromatic rings. The van der Waals surface area contributed by atoms with E-state index in [0.29, 0.717) is 26.9 Å². The Morgan fingerprint density at radius 1 is 1.21 bits per heavy atom. The minimum Gasteiger partial charge on any atom is -0.506 e. The van der Waals surface area contributed by atoms with E-state index < -0.39 is 0 Å². The number of benzene rings is 2. The van der Waals surface area contributed by atoms with Gasteiger partial charge in [-0.3, -0.25) is 10.1 Å². The van der Waals surface area contributed by atoms with Crippen LogP contribution < -0.4 is 10.1 Å². The number of ether oxygens (including phenoxy) is 1. The first kappa shape index (κ1) is 20.9. The Morgan fingerprint density at radius 3 is 2.75 bits per heavy atom. The van der Waals surface area contributed by atoms with Gasteiger partial charge in [-0.15, -0.1) is 5.10 Å². The number of phenols is 2. The van der Waals surface area contributed by atoms with Crippen molar-refractivity contribution in [2.24, 2.45) is 10.2 Å². The summed E-state index contributed by atoms with van der Waals surface area (Å²) in [6, 6.07) is 8.43. The molecule has 1 saturated heterocycles. The summed E-state index contributed by atoms with van der Waals surface area (Å²) in [5.41, 5.74) is 1.25.